The van der Waals surface area contributed by atoms with Crippen LogP contribution in [0.15, 0.2) is 52.1 Å². The lowest BCUT2D eigenvalue weighted by atomic mass is 10.2. The van der Waals surface area contributed by atoms with E-state index < -0.39 is 0 Å². The van der Waals surface area contributed by atoms with Crippen molar-refractivity contribution in [3.05, 3.63) is 53.5 Å². The van der Waals surface area contributed by atoms with Crippen LogP contribution >= 0.6 is 11.6 Å². The number of benzene rings is 1. The van der Waals surface area contributed by atoms with Crippen molar-refractivity contribution in [3.63, 3.8) is 0 Å². The van der Waals surface area contributed by atoms with Crippen LogP contribution in [0.5, 0.6) is 0 Å². The zero-order valence-electron chi connectivity index (χ0n) is 16.3. The molecule has 3 aromatic rings. The third-order valence-electron chi connectivity index (χ3n) is 4.88. The van der Waals surface area contributed by atoms with Crippen LogP contribution in [-0.2, 0) is 6.42 Å². The number of aromatic amines is 1. The molecule has 152 valence electrons. The summed E-state index contributed by atoms with van der Waals surface area (Å²) in [5.41, 5.74) is 1.16. The van der Waals surface area contributed by atoms with E-state index in [1.54, 1.807) is 6.26 Å². The van der Waals surface area contributed by atoms with Gasteiger partial charge in [0.25, 0.3) is 0 Å². The molecule has 2 N–H and O–H groups in total. The predicted molar refractivity (Wildman–Crippen MR) is 114 cm³/mol. The van der Waals surface area contributed by atoms with Gasteiger partial charge in [-0.3, -0.25) is 10.1 Å². The average molecular weight is 414 g/mol. The van der Waals surface area contributed by atoms with E-state index in [0.717, 1.165) is 55.1 Å². The van der Waals surface area contributed by atoms with Crippen molar-refractivity contribution in [1.82, 2.24) is 25.4 Å². The van der Waals surface area contributed by atoms with Crippen molar-refractivity contribution < 1.29 is 4.42 Å². The fourth-order valence-electron chi connectivity index (χ4n) is 3.40. The first-order valence-electron chi connectivity index (χ1n) is 9.64. The van der Waals surface area contributed by atoms with Crippen molar-refractivity contribution >= 4 is 23.2 Å². The number of guanidine groups is 1. The van der Waals surface area contributed by atoms with Gasteiger partial charge in [0.05, 0.1) is 6.26 Å². The standard InChI is InChI=1S/C20H24ClN7O/c1-22-20(23-8-7-18-24-19(26-25-18)17-6-3-13-29-17)28-11-9-27(10-12-28)16-5-2-4-15(21)14-16/h2-6,13-14H,7-12H2,1H3,(H,22,23)(H,24,25,26). The Hall–Kier alpha value is -3.00. The Morgan fingerprint density at radius 1 is 1.24 bits per heavy atom. The van der Waals surface area contributed by atoms with Crippen molar-refractivity contribution in [3.8, 4) is 11.6 Å². The molecule has 0 atom stereocenters. The third-order valence-corrected chi connectivity index (χ3v) is 5.12. The second-order valence-corrected chi connectivity index (χ2v) is 7.20. The van der Waals surface area contributed by atoms with Gasteiger partial charge in [0.15, 0.2) is 11.7 Å². The van der Waals surface area contributed by atoms with E-state index in [0.29, 0.717) is 18.1 Å². The number of piperazine rings is 1. The minimum absolute atomic E-state index is 0.575. The van der Waals surface area contributed by atoms with Gasteiger partial charge in [-0.1, -0.05) is 17.7 Å². The summed E-state index contributed by atoms with van der Waals surface area (Å²) < 4.78 is 5.32. The van der Waals surface area contributed by atoms with Gasteiger partial charge < -0.3 is 19.5 Å². The molecule has 29 heavy (non-hydrogen) atoms. The second-order valence-electron chi connectivity index (χ2n) is 6.76. The van der Waals surface area contributed by atoms with E-state index in [4.69, 9.17) is 16.0 Å². The molecule has 0 aliphatic carbocycles. The number of H-pyrrole nitrogens is 1. The molecule has 2 aromatic heterocycles. The Balaban J connectivity index is 1.26. The van der Waals surface area contributed by atoms with Crippen molar-refractivity contribution in [1.29, 1.82) is 0 Å². The Morgan fingerprint density at radius 2 is 2.10 bits per heavy atom. The number of hydrogen-bond donors (Lipinski definition) is 2. The van der Waals surface area contributed by atoms with E-state index in [9.17, 15) is 0 Å². The molecular weight excluding hydrogens is 390 g/mol. The number of nitrogens with zero attached hydrogens (tertiary/aromatic N) is 5. The lowest BCUT2D eigenvalue weighted by Crippen LogP contribution is -2.52. The summed E-state index contributed by atoms with van der Waals surface area (Å²) in [7, 11) is 1.81. The van der Waals surface area contributed by atoms with Gasteiger partial charge in [0.2, 0.25) is 5.82 Å². The van der Waals surface area contributed by atoms with Gasteiger partial charge in [-0.05, 0) is 30.3 Å². The van der Waals surface area contributed by atoms with Gasteiger partial charge in [0.1, 0.15) is 5.82 Å². The highest BCUT2D eigenvalue weighted by Crippen LogP contribution is 2.20. The summed E-state index contributed by atoms with van der Waals surface area (Å²) in [6.45, 7) is 4.37. The largest absolute Gasteiger partial charge is 0.461 e. The van der Waals surface area contributed by atoms with Crippen LogP contribution in [0.3, 0.4) is 0 Å². The minimum Gasteiger partial charge on any atom is -0.461 e. The van der Waals surface area contributed by atoms with Gasteiger partial charge >= 0.3 is 0 Å². The SMILES string of the molecule is CN=C(NCCc1nc(-c2ccco2)n[nH]1)N1CCN(c2cccc(Cl)c2)CC1. The van der Waals surface area contributed by atoms with Crippen LogP contribution in [0.25, 0.3) is 11.6 Å². The smallest absolute Gasteiger partial charge is 0.216 e. The average Bonchev–Trinajstić information content (AvgIpc) is 3.43. The van der Waals surface area contributed by atoms with Crippen molar-refractivity contribution in [2.45, 2.75) is 6.42 Å². The zero-order valence-corrected chi connectivity index (χ0v) is 17.1. The van der Waals surface area contributed by atoms with Crippen LogP contribution in [0.4, 0.5) is 5.69 Å². The van der Waals surface area contributed by atoms with Gasteiger partial charge in [0, 0.05) is 56.9 Å². The van der Waals surface area contributed by atoms with E-state index in [-0.39, 0.29) is 0 Å². The Labute approximate surface area is 174 Å². The van der Waals surface area contributed by atoms with E-state index in [1.165, 1.54) is 0 Å². The first kappa shape index (κ1) is 19.3. The Bertz CT molecular complexity index is 945. The molecule has 4 rings (SSSR count). The Morgan fingerprint density at radius 3 is 2.83 bits per heavy atom. The highest BCUT2D eigenvalue weighted by molar-refractivity contribution is 6.30. The minimum atomic E-state index is 0.575. The maximum Gasteiger partial charge on any atom is 0.216 e. The molecule has 1 saturated heterocycles. The molecule has 0 saturated carbocycles. The molecular formula is C20H24ClN7O. The molecule has 1 aliphatic rings. The quantitative estimate of drug-likeness (QED) is 0.494. The van der Waals surface area contributed by atoms with Gasteiger partial charge in [-0.2, -0.15) is 5.10 Å². The first-order valence-corrected chi connectivity index (χ1v) is 10.0. The van der Waals surface area contributed by atoms with Gasteiger partial charge in [-0.25, -0.2) is 4.98 Å². The lowest BCUT2D eigenvalue weighted by Gasteiger charge is -2.37. The third kappa shape index (κ3) is 4.71. The summed E-state index contributed by atoms with van der Waals surface area (Å²) in [6, 6.07) is 11.7. The molecule has 1 fully saturated rings. The van der Waals surface area contributed by atoms with Crippen LogP contribution in [0.1, 0.15) is 5.82 Å². The lowest BCUT2D eigenvalue weighted by molar-refractivity contribution is 0.373. The van der Waals surface area contributed by atoms with Crippen LogP contribution in [-0.4, -0.2) is 65.8 Å². The fraction of sp³-hybridized carbons (Fsp3) is 0.350. The monoisotopic (exact) mass is 413 g/mol. The van der Waals surface area contributed by atoms with E-state index in [2.05, 4.69) is 41.4 Å². The molecule has 0 spiro atoms. The van der Waals surface area contributed by atoms with Crippen molar-refractivity contribution in [2.24, 2.45) is 4.99 Å². The maximum absolute atomic E-state index is 6.12. The number of hydrogen-bond acceptors (Lipinski definition) is 5. The normalized spacial score (nSPS) is 15.0. The molecule has 0 radical (unpaired) electrons. The molecule has 3 heterocycles. The number of aromatic nitrogens is 3. The van der Waals surface area contributed by atoms with Crippen molar-refractivity contribution in [2.75, 3.05) is 44.7 Å². The number of halogens is 1. The fourth-order valence-corrected chi connectivity index (χ4v) is 3.58. The predicted octanol–water partition coefficient (Wildman–Crippen LogP) is 2.66. The number of anilines is 1. The van der Waals surface area contributed by atoms with Crippen LogP contribution in [0.2, 0.25) is 5.02 Å². The maximum atomic E-state index is 6.12. The molecule has 8 nitrogen and oxygen atoms in total. The molecule has 0 bridgehead atoms. The van der Waals surface area contributed by atoms with Crippen LogP contribution < -0.4 is 10.2 Å². The summed E-state index contributed by atoms with van der Waals surface area (Å²) in [6.07, 6.45) is 2.33. The summed E-state index contributed by atoms with van der Waals surface area (Å²) >= 11 is 6.12. The number of furan rings is 1. The number of nitrogens with one attached hydrogen (secondary N) is 2. The molecule has 1 aliphatic heterocycles. The second kappa shape index (κ2) is 9.00. The highest BCUT2D eigenvalue weighted by atomic mass is 35.5. The van der Waals surface area contributed by atoms with Gasteiger partial charge in [-0.15, -0.1) is 0 Å². The summed E-state index contributed by atoms with van der Waals surface area (Å²) in [5.74, 6) is 2.95. The molecule has 1 aromatic carbocycles. The molecule has 0 amide bonds. The van der Waals surface area contributed by atoms with E-state index >= 15 is 0 Å². The zero-order chi connectivity index (χ0) is 20.1. The number of rotatable bonds is 5. The first-order chi connectivity index (χ1) is 14.2. The summed E-state index contributed by atoms with van der Waals surface area (Å²) in [4.78, 5) is 13.5. The number of aliphatic imine (C=N–C) groups is 1. The topological polar surface area (TPSA) is 85.6 Å². The van der Waals surface area contributed by atoms with E-state index in [1.807, 2.05) is 37.4 Å². The summed E-state index contributed by atoms with van der Waals surface area (Å²) in [5, 5.41) is 11.3. The molecule has 9 heteroatoms. The Kier molecular flexibility index (Phi) is 6.00. The van der Waals surface area contributed by atoms with Crippen LogP contribution in [0, 0.1) is 0 Å². The highest BCUT2D eigenvalue weighted by Gasteiger charge is 2.20. The molecule has 0 unspecified atom stereocenters.